The van der Waals surface area contributed by atoms with E-state index in [2.05, 4.69) is 27.7 Å². The van der Waals surface area contributed by atoms with Gasteiger partial charge in [0, 0.05) is 13.1 Å². The Bertz CT molecular complexity index is 526. The molecule has 1 amide bonds. The largest absolute Gasteiger partial charge is 0.415 e. The summed E-state index contributed by atoms with van der Waals surface area (Å²) in [6, 6.07) is 9.38. The molecule has 1 saturated carbocycles. The molecule has 1 aromatic rings. The van der Waals surface area contributed by atoms with E-state index in [9.17, 15) is 4.79 Å². The normalized spacial score (nSPS) is 22.8. The predicted octanol–water partition coefficient (Wildman–Crippen LogP) is 5.89. The maximum Gasteiger partial charge on any atom is 0.415 e. The van der Waals surface area contributed by atoms with E-state index >= 15 is 0 Å². The van der Waals surface area contributed by atoms with E-state index in [1.807, 2.05) is 35.2 Å². The van der Waals surface area contributed by atoms with E-state index in [4.69, 9.17) is 4.74 Å². The molecule has 1 atom stereocenters. The molecule has 2 rings (SSSR count). The van der Waals surface area contributed by atoms with Gasteiger partial charge in [0.05, 0.1) is 0 Å². The van der Waals surface area contributed by atoms with E-state index in [1.165, 1.54) is 25.7 Å². The Morgan fingerprint density at radius 3 is 2.50 bits per heavy atom. The average Bonchev–Trinajstić information content (AvgIpc) is 2.51. The standard InChI is InChI=1S/C21H33NO2/c1-5-6-15-22(19(23)24-18-11-8-7-9-12-18)17-21(4)14-10-13-20(2,3)16-21/h7-9,11-12H,5-6,10,13-17H2,1-4H3. The van der Waals surface area contributed by atoms with Crippen LogP contribution in [0.25, 0.3) is 0 Å². The lowest BCUT2D eigenvalue weighted by atomic mass is 9.64. The number of benzene rings is 1. The number of hydrogen-bond acceptors (Lipinski definition) is 2. The van der Waals surface area contributed by atoms with Crippen LogP contribution >= 0.6 is 0 Å². The van der Waals surface area contributed by atoms with Gasteiger partial charge in [-0.2, -0.15) is 0 Å². The molecule has 3 nitrogen and oxygen atoms in total. The second-order valence-corrected chi connectivity index (χ2v) is 8.46. The summed E-state index contributed by atoms with van der Waals surface area (Å²) in [4.78, 5) is 14.6. The Kier molecular flexibility index (Phi) is 6.31. The molecule has 0 radical (unpaired) electrons. The molecule has 0 N–H and O–H groups in total. The number of carbonyl (C=O) groups excluding carboxylic acids is 1. The molecule has 1 fully saturated rings. The zero-order valence-electron chi connectivity index (χ0n) is 15.8. The highest BCUT2D eigenvalue weighted by Gasteiger charge is 2.38. The van der Waals surface area contributed by atoms with E-state index in [1.54, 1.807) is 0 Å². The first kappa shape index (κ1) is 18.8. The minimum atomic E-state index is -0.209. The topological polar surface area (TPSA) is 29.5 Å². The van der Waals surface area contributed by atoms with Crippen LogP contribution in [0.3, 0.4) is 0 Å². The molecule has 1 aliphatic carbocycles. The Labute approximate surface area is 147 Å². The van der Waals surface area contributed by atoms with Crippen molar-refractivity contribution < 1.29 is 9.53 Å². The highest BCUT2D eigenvalue weighted by atomic mass is 16.6. The van der Waals surface area contributed by atoms with Crippen molar-refractivity contribution in [3.05, 3.63) is 30.3 Å². The summed E-state index contributed by atoms with van der Waals surface area (Å²) in [6.45, 7) is 10.8. The lowest BCUT2D eigenvalue weighted by molar-refractivity contribution is 0.0571. The number of rotatable bonds is 6. The van der Waals surface area contributed by atoms with E-state index in [-0.39, 0.29) is 11.5 Å². The number of para-hydroxylation sites is 1. The SMILES string of the molecule is CCCCN(CC1(C)CCCC(C)(C)C1)C(=O)Oc1ccccc1. The van der Waals surface area contributed by atoms with Gasteiger partial charge in [-0.3, -0.25) is 0 Å². The summed E-state index contributed by atoms with van der Waals surface area (Å²) in [5.41, 5.74) is 0.554. The first-order chi connectivity index (χ1) is 11.3. The fourth-order valence-corrected chi connectivity index (χ4v) is 4.16. The van der Waals surface area contributed by atoms with Gasteiger partial charge in [0.15, 0.2) is 0 Å². The quantitative estimate of drug-likeness (QED) is 0.650. The van der Waals surface area contributed by atoms with Crippen LogP contribution in [0.1, 0.15) is 66.2 Å². The van der Waals surface area contributed by atoms with E-state index in [0.29, 0.717) is 11.2 Å². The van der Waals surface area contributed by atoms with Gasteiger partial charge in [-0.25, -0.2) is 4.79 Å². The second kappa shape index (κ2) is 8.04. The van der Waals surface area contributed by atoms with Crippen LogP contribution in [-0.4, -0.2) is 24.1 Å². The number of hydrogen-bond donors (Lipinski definition) is 0. The summed E-state index contributed by atoms with van der Waals surface area (Å²) < 4.78 is 5.60. The Morgan fingerprint density at radius 1 is 1.17 bits per heavy atom. The molecule has 0 bridgehead atoms. The Morgan fingerprint density at radius 2 is 1.88 bits per heavy atom. The summed E-state index contributed by atoms with van der Waals surface area (Å²) in [7, 11) is 0. The van der Waals surface area contributed by atoms with Gasteiger partial charge in [0.2, 0.25) is 0 Å². The lowest BCUT2D eigenvalue weighted by Gasteiger charge is -2.45. The van der Waals surface area contributed by atoms with Gasteiger partial charge >= 0.3 is 6.09 Å². The molecule has 1 aliphatic rings. The maximum absolute atomic E-state index is 12.7. The third kappa shape index (κ3) is 5.54. The fourth-order valence-electron chi connectivity index (χ4n) is 4.16. The van der Waals surface area contributed by atoms with Gasteiger partial charge < -0.3 is 9.64 Å². The molecule has 24 heavy (non-hydrogen) atoms. The molecule has 134 valence electrons. The van der Waals surface area contributed by atoms with Gasteiger partial charge in [-0.15, -0.1) is 0 Å². The maximum atomic E-state index is 12.7. The summed E-state index contributed by atoms with van der Waals surface area (Å²) in [5, 5.41) is 0. The first-order valence-corrected chi connectivity index (χ1v) is 9.35. The van der Waals surface area contributed by atoms with Crippen molar-refractivity contribution in [1.82, 2.24) is 4.90 Å². The highest BCUT2D eigenvalue weighted by molar-refractivity contribution is 5.70. The molecule has 0 spiro atoms. The molecule has 1 unspecified atom stereocenters. The van der Waals surface area contributed by atoms with Gasteiger partial charge in [0.1, 0.15) is 5.75 Å². The van der Waals surface area contributed by atoms with Crippen molar-refractivity contribution >= 4 is 6.09 Å². The first-order valence-electron chi connectivity index (χ1n) is 9.35. The fraction of sp³-hybridized carbons (Fsp3) is 0.667. The van der Waals surface area contributed by atoms with Crippen molar-refractivity contribution in [2.24, 2.45) is 10.8 Å². The van der Waals surface area contributed by atoms with Crippen LogP contribution in [0.15, 0.2) is 30.3 Å². The number of carbonyl (C=O) groups is 1. The Hall–Kier alpha value is -1.51. The second-order valence-electron chi connectivity index (χ2n) is 8.46. The van der Waals surface area contributed by atoms with Crippen LogP contribution in [0.2, 0.25) is 0 Å². The number of nitrogens with zero attached hydrogens (tertiary/aromatic N) is 1. The summed E-state index contributed by atoms with van der Waals surface area (Å²) in [6.07, 6.45) is 6.78. The molecule has 0 aromatic heterocycles. The van der Waals surface area contributed by atoms with Crippen LogP contribution in [-0.2, 0) is 0 Å². The molecule has 0 heterocycles. The van der Waals surface area contributed by atoms with Crippen LogP contribution in [0.5, 0.6) is 5.75 Å². The minimum absolute atomic E-state index is 0.186. The van der Waals surface area contributed by atoms with Gasteiger partial charge in [-0.1, -0.05) is 58.7 Å². The van der Waals surface area contributed by atoms with Gasteiger partial charge in [0.25, 0.3) is 0 Å². The number of unbranched alkanes of at least 4 members (excludes halogenated alkanes) is 1. The molecule has 1 aromatic carbocycles. The third-order valence-corrected chi connectivity index (χ3v) is 5.10. The molecule has 0 saturated heterocycles. The van der Waals surface area contributed by atoms with Crippen LogP contribution < -0.4 is 4.74 Å². The smallest absolute Gasteiger partial charge is 0.410 e. The molecule has 0 aliphatic heterocycles. The summed E-state index contributed by atoms with van der Waals surface area (Å²) in [5.74, 6) is 0.623. The van der Waals surface area contributed by atoms with Crippen molar-refractivity contribution in [3.8, 4) is 5.75 Å². The Balaban J connectivity index is 2.05. The monoisotopic (exact) mass is 331 g/mol. The van der Waals surface area contributed by atoms with Crippen molar-refractivity contribution in [3.63, 3.8) is 0 Å². The van der Waals surface area contributed by atoms with E-state index in [0.717, 1.165) is 25.9 Å². The molecular formula is C21H33NO2. The van der Waals surface area contributed by atoms with Crippen LogP contribution in [0, 0.1) is 10.8 Å². The third-order valence-electron chi connectivity index (χ3n) is 5.10. The molecular weight excluding hydrogens is 298 g/mol. The summed E-state index contributed by atoms with van der Waals surface area (Å²) >= 11 is 0. The van der Waals surface area contributed by atoms with Crippen molar-refractivity contribution in [2.45, 2.75) is 66.2 Å². The number of amides is 1. The van der Waals surface area contributed by atoms with E-state index < -0.39 is 0 Å². The van der Waals surface area contributed by atoms with Crippen molar-refractivity contribution in [1.29, 1.82) is 0 Å². The van der Waals surface area contributed by atoms with Gasteiger partial charge in [-0.05, 0) is 48.6 Å². The minimum Gasteiger partial charge on any atom is -0.410 e. The zero-order chi connectivity index (χ0) is 17.6. The lowest BCUT2D eigenvalue weighted by Crippen LogP contribution is -2.45. The zero-order valence-corrected chi connectivity index (χ0v) is 15.8. The van der Waals surface area contributed by atoms with Crippen LogP contribution in [0.4, 0.5) is 4.79 Å². The number of ether oxygens (including phenoxy) is 1. The predicted molar refractivity (Wildman–Crippen MR) is 99.3 cm³/mol. The van der Waals surface area contributed by atoms with Crippen molar-refractivity contribution in [2.75, 3.05) is 13.1 Å². The average molecular weight is 331 g/mol. The molecule has 3 heteroatoms. The highest BCUT2D eigenvalue weighted by Crippen LogP contribution is 2.46.